The quantitative estimate of drug-likeness (QED) is 0.523. The summed E-state index contributed by atoms with van der Waals surface area (Å²) in [7, 11) is 0. The molecule has 2 N–H and O–H groups in total. The van der Waals surface area contributed by atoms with Crippen LogP contribution in [0.3, 0.4) is 0 Å². The Kier molecular flexibility index (Phi) is 5.79. The van der Waals surface area contributed by atoms with E-state index >= 15 is 0 Å². The van der Waals surface area contributed by atoms with Crippen LogP contribution in [0.25, 0.3) is 0 Å². The summed E-state index contributed by atoms with van der Waals surface area (Å²) in [6, 6.07) is 0. The fraction of sp³-hybridized carbons (Fsp3) is 0.429. The Morgan fingerprint density at radius 3 is 2.50 bits per heavy atom. The van der Waals surface area contributed by atoms with E-state index < -0.39 is 0 Å². The molecule has 0 bridgehead atoms. The lowest BCUT2D eigenvalue weighted by atomic mass is 10.2. The fourth-order valence-corrected chi connectivity index (χ4v) is 1.05. The first kappa shape index (κ1) is 10.0. The molecular formula is C7H11Cl2N. The van der Waals surface area contributed by atoms with Crippen molar-refractivity contribution in [2.75, 3.05) is 12.4 Å². The summed E-state index contributed by atoms with van der Waals surface area (Å²) in [6.45, 7) is 2.36. The van der Waals surface area contributed by atoms with Gasteiger partial charge in [-0.25, -0.2) is 0 Å². The van der Waals surface area contributed by atoms with E-state index in [1.165, 1.54) is 0 Å². The molecule has 58 valence electrons. The zero-order valence-electron chi connectivity index (χ0n) is 5.90. The summed E-state index contributed by atoms with van der Waals surface area (Å²) in [5.41, 5.74) is 6.31. The molecular weight excluding hydrogens is 169 g/mol. The van der Waals surface area contributed by atoms with Gasteiger partial charge in [0.2, 0.25) is 0 Å². The Balaban J connectivity index is 4.16. The third kappa shape index (κ3) is 3.25. The molecule has 3 heteroatoms. The average molecular weight is 180 g/mol. The second kappa shape index (κ2) is 5.78. The van der Waals surface area contributed by atoms with Crippen molar-refractivity contribution < 1.29 is 0 Å². The summed E-state index contributed by atoms with van der Waals surface area (Å²) in [6.07, 6.45) is 3.61. The zero-order chi connectivity index (χ0) is 7.98. The highest BCUT2D eigenvalue weighted by Gasteiger charge is 1.95. The van der Waals surface area contributed by atoms with Crippen LogP contribution in [0.1, 0.15) is 6.92 Å². The minimum absolute atomic E-state index is 0.427. The van der Waals surface area contributed by atoms with E-state index in [1.807, 2.05) is 13.0 Å². The van der Waals surface area contributed by atoms with Gasteiger partial charge in [-0.2, -0.15) is 0 Å². The highest BCUT2D eigenvalue weighted by atomic mass is 35.5. The third-order valence-corrected chi connectivity index (χ3v) is 1.68. The molecule has 0 aromatic carbocycles. The van der Waals surface area contributed by atoms with Crippen molar-refractivity contribution in [3.8, 4) is 0 Å². The van der Waals surface area contributed by atoms with Crippen molar-refractivity contribution in [1.29, 1.82) is 0 Å². The Labute approximate surface area is 71.5 Å². The Bertz CT molecular complexity index is 150. The van der Waals surface area contributed by atoms with Crippen molar-refractivity contribution in [1.82, 2.24) is 0 Å². The van der Waals surface area contributed by atoms with Gasteiger partial charge < -0.3 is 5.73 Å². The molecule has 0 radical (unpaired) electrons. The number of alkyl halides is 1. The van der Waals surface area contributed by atoms with Gasteiger partial charge in [0.25, 0.3) is 0 Å². The molecule has 0 saturated carbocycles. The standard InChI is InChI=1S/C7H11Cl2N/c1-2-6(5-10)7(9)3-4-8/h2-3H,4-5,10H2,1H3/b6-2-,7-3+. The average Bonchev–Trinajstić information content (AvgIpc) is 1.91. The van der Waals surface area contributed by atoms with Crippen LogP contribution in [0.4, 0.5) is 0 Å². The maximum absolute atomic E-state index is 5.78. The van der Waals surface area contributed by atoms with E-state index in [9.17, 15) is 0 Å². The normalized spacial score (nSPS) is 14.0. The molecule has 0 aromatic heterocycles. The highest BCUT2D eigenvalue weighted by molar-refractivity contribution is 6.32. The van der Waals surface area contributed by atoms with Gasteiger partial charge in [-0.05, 0) is 12.5 Å². The lowest BCUT2D eigenvalue weighted by Gasteiger charge is -1.99. The van der Waals surface area contributed by atoms with Crippen LogP contribution in [0, 0.1) is 0 Å². The number of rotatable bonds is 3. The molecule has 0 fully saturated rings. The molecule has 0 spiro atoms. The summed E-state index contributed by atoms with van der Waals surface area (Å²) in [5.74, 6) is 0.427. The monoisotopic (exact) mass is 179 g/mol. The van der Waals surface area contributed by atoms with Crippen LogP contribution >= 0.6 is 23.2 Å². The summed E-state index contributed by atoms with van der Waals surface area (Å²) in [4.78, 5) is 0. The van der Waals surface area contributed by atoms with E-state index in [0.29, 0.717) is 17.5 Å². The van der Waals surface area contributed by atoms with Crippen LogP contribution in [0.15, 0.2) is 22.8 Å². The van der Waals surface area contributed by atoms with Crippen LogP contribution < -0.4 is 5.73 Å². The van der Waals surface area contributed by atoms with Gasteiger partial charge in [0, 0.05) is 17.5 Å². The lowest BCUT2D eigenvalue weighted by molar-refractivity contribution is 1.17. The highest BCUT2D eigenvalue weighted by Crippen LogP contribution is 2.12. The second-order valence-electron chi connectivity index (χ2n) is 1.72. The SMILES string of the molecule is C/C=C(CN)\C(Cl)=C/CCl. The fourth-order valence-electron chi connectivity index (χ4n) is 0.552. The van der Waals surface area contributed by atoms with Crippen LogP contribution in [-0.4, -0.2) is 12.4 Å². The molecule has 0 amide bonds. The first-order chi connectivity index (χ1) is 4.76. The largest absolute Gasteiger partial charge is 0.326 e. The topological polar surface area (TPSA) is 26.0 Å². The molecule has 0 unspecified atom stereocenters. The van der Waals surface area contributed by atoms with Crippen molar-refractivity contribution >= 4 is 23.2 Å². The minimum Gasteiger partial charge on any atom is -0.326 e. The number of allylic oxidation sites excluding steroid dienone is 2. The van der Waals surface area contributed by atoms with Gasteiger partial charge >= 0.3 is 0 Å². The van der Waals surface area contributed by atoms with Crippen molar-refractivity contribution in [2.24, 2.45) is 5.73 Å². The minimum atomic E-state index is 0.427. The van der Waals surface area contributed by atoms with Gasteiger partial charge in [-0.3, -0.25) is 0 Å². The van der Waals surface area contributed by atoms with Crippen LogP contribution in [-0.2, 0) is 0 Å². The number of hydrogen-bond donors (Lipinski definition) is 1. The molecule has 0 rings (SSSR count). The molecule has 1 nitrogen and oxygen atoms in total. The summed E-state index contributed by atoms with van der Waals surface area (Å²) in [5, 5.41) is 0.653. The maximum Gasteiger partial charge on any atom is 0.0421 e. The molecule has 0 atom stereocenters. The van der Waals surface area contributed by atoms with Crippen LogP contribution in [0.5, 0.6) is 0 Å². The van der Waals surface area contributed by atoms with E-state index in [2.05, 4.69) is 0 Å². The smallest absolute Gasteiger partial charge is 0.0421 e. The summed E-state index contributed by atoms with van der Waals surface area (Å²) >= 11 is 11.2. The number of halogens is 2. The van der Waals surface area contributed by atoms with Gasteiger partial charge in [-0.1, -0.05) is 23.8 Å². The van der Waals surface area contributed by atoms with Crippen molar-refractivity contribution in [3.63, 3.8) is 0 Å². The van der Waals surface area contributed by atoms with E-state index in [-0.39, 0.29) is 0 Å². The van der Waals surface area contributed by atoms with E-state index in [0.717, 1.165) is 5.57 Å². The van der Waals surface area contributed by atoms with E-state index in [1.54, 1.807) is 6.08 Å². The molecule has 0 saturated heterocycles. The lowest BCUT2D eigenvalue weighted by Crippen LogP contribution is -2.02. The van der Waals surface area contributed by atoms with Gasteiger partial charge in [0.05, 0.1) is 0 Å². The number of hydrogen-bond acceptors (Lipinski definition) is 1. The predicted octanol–water partition coefficient (Wildman–Crippen LogP) is 2.25. The first-order valence-corrected chi connectivity index (χ1v) is 3.94. The Morgan fingerprint density at radius 1 is 1.60 bits per heavy atom. The zero-order valence-corrected chi connectivity index (χ0v) is 7.41. The van der Waals surface area contributed by atoms with Gasteiger partial charge in [-0.15, -0.1) is 11.6 Å². The molecule has 0 aromatic rings. The molecule has 0 heterocycles. The second-order valence-corrected chi connectivity index (χ2v) is 2.44. The molecule has 0 aliphatic rings. The van der Waals surface area contributed by atoms with E-state index in [4.69, 9.17) is 28.9 Å². The molecule has 10 heavy (non-hydrogen) atoms. The van der Waals surface area contributed by atoms with Crippen LogP contribution in [0.2, 0.25) is 0 Å². The Hall–Kier alpha value is 0.0200. The summed E-state index contributed by atoms with van der Waals surface area (Å²) < 4.78 is 0. The van der Waals surface area contributed by atoms with Crippen molar-refractivity contribution in [2.45, 2.75) is 6.92 Å². The number of nitrogens with two attached hydrogens (primary N) is 1. The molecule has 0 aliphatic heterocycles. The Morgan fingerprint density at radius 2 is 2.20 bits per heavy atom. The maximum atomic E-state index is 5.78. The van der Waals surface area contributed by atoms with Crippen molar-refractivity contribution in [3.05, 3.63) is 22.8 Å². The first-order valence-electron chi connectivity index (χ1n) is 3.03. The predicted molar refractivity (Wildman–Crippen MR) is 47.5 cm³/mol. The van der Waals surface area contributed by atoms with Gasteiger partial charge in [0.1, 0.15) is 0 Å². The van der Waals surface area contributed by atoms with Gasteiger partial charge in [0.15, 0.2) is 0 Å². The third-order valence-electron chi connectivity index (χ3n) is 1.13. The molecule has 0 aliphatic carbocycles.